The molecule has 1 N–H and O–H groups in total. The first kappa shape index (κ1) is 16.7. The Hall–Kier alpha value is -0.370. The molecular formula is C12H21BrN2O3S. The molecule has 0 aliphatic carbocycles. The van der Waals surface area contributed by atoms with Gasteiger partial charge in [0.25, 0.3) is 0 Å². The van der Waals surface area contributed by atoms with Gasteiger partial charge in [-0.2, -0.15) is 4.31 Å². The summed E-state index contributed by atoms with van der Waals surface area (Å²) in [5, 5.41) is 2.93. The van der Waals surface area contributed by atoms with E-state index in [1.54, 1.807) is 13.1 Å². The highest BCUT2D eigenvalue weighted by Gasteiger charge is 2.31. The zero-order valence-corrected chi connectivity index (χ0v) is 14.1. The van der Waals surface area contributed by atoms with Crippen LogP contribution in [0.1, 0.15) is 33.0 Å². The van der Waals surface area contributed by atoms with Crippen LogP contribution < -0.4 is 5.32 Å². The van der Waals surface area contributed by atoms with Crippen LogP contribution in [0.15, 0.2) is 20.0 Å². The first-order valence-electron chi connectivity index (χ1n) is 6.33. The summed E-state index contributed by atoms with van der Waals surface area (Å²) in [7, 11) is -1.75. The third-order valence-corrected chi connectivity index (χ3v) is 5.98. The summed E-state index contributed by atoms with van der Waals surface area (Å²) in [5.41, 5.74) is 0. The molecule has 0 saturated carbocycles. The van der Waals surface area contributed by atoms with Crippen LogP contribution in [-0.4, -0.2) is 32.4 Å². The van der Waals surface area contributed by atoms with E-state index in [4.69, 9.17) is 4.42 Å². The Morgan fingerprint density at radius 3 is 2.58 bits per heavy atom. The van der Waals surface area contributed by atoms with Gasteiger partial charge in [0.2, 0.25) is 10.0 Å². The smallest absolute Gasteiger partial charge is 0.247 e. The Balaban J connectivity index is 3.18. The molecular weight excluding hydrogens is 332 g/mol. The Morgan fingerprint density at radius 2 is 2.11 bits per heavy atom. The fourth-order valence-electron chi connectivity index (χ4n) is 1.88. The van der Waals surface area contributed by atoms with Gasteiger partial charge >= 0.3 is 0 Å². The van der Waals surface area contributed by atoms with Crippen LogP contribution in [0.5, 0.6) is 0 Å². The van der Waals surface area contributed by atoms with Crippen molar-refractivity contribution in [3.8, 4) is 0 Å². The molecule has 7 heteroatoms. The van der Waals surface area contributed by atoms with E-state index in [1.165, 1.54) is 4.31 Å². The van der Waals surface area contributed by atoms with Crippen molar-refractivity contribution < 1.29 is 12.8 Å². The molecule has 0 aliphatic rings. The highest BCUT2D eigenvalue weighted by Crippen LogP contribution is 2.30. The number of nitrogens with one attached hydrogen (secondary N) is 1. The maximum Gasteiger partial charge on any atom is 0.247 e. The SMILES string of the molecule is CCC(C)N(CC)S(=O)(=O)c1cc(CNC)oc1Br. The molecule has 1 aromatic heterocycles. The van der Waals surface area contributed by atoms with Crippen LogP contribution in [-0.2, 0) is 16.6 Å². The average molecular weight is 353 g/mol. The molecule has 0 radical (unpaired) electrons. The van der Waals surface area contributed by atoms with Gasteiger partial charge in [0.05, 0.1) is 6.54 Å². The maximum atomic E-state index is 12.6. The highest BCUT2D eigenvalue weighted by molar-refractivity contribution is 9.10. The topological polar surface area (TPSA) is 62.6 Å². The summed E-state index contributed by atoms with van der Waals surface area (Å²) < 4.78 is 32.4. The van der Waals surface area contributed by atoms with Gasteiger partial charge in [0.1, 0.15) is 10.7 Å². The van der Waals surface area contributed by atoms with Crippen molar-refractivity contribution in [3.05, 3.63) is 16.5 Å². The number of furan rings is 1. The van der Waals surface area contributed by atoms with Crippen LogP contribution in [0.3, 0.4) is 0 Å². The summed E-state index contributed by atoms with van der Waals surface area (Å²) in [4.78, 5) is 0.194. The first-order valence-corrected chi connectivity index (χ1v) is 8.56. The largest absolute Gasteiger partial charge is 0.452 e. The zero-order chi connectivity index (χ0) is 14.6. The van der Waals surface area contributed by atoms with Gasteiger partial charge in [0, 0.05) is 18.7 Å². The summed E-state index contributed by atoms with van der Waals surface area (Å²) in [6.07, 6.45) is 0.770. The van der Waals surface area contributed by atoms with Gasteiger partial charge < -0.3 is 9.73 Å². The van der Waals surface area contributed by atoms with Gasteiger partial charge in [-0.05, 0) is 36.3 Å². The lowest BCUT2D eigenvalue weighted by molar-refractivity contribution is 0.341. The van der Waals surface area contributed by atoms with E-state index < -0.39 is 10.0 Å². The van der Waals surface area contributed by atoms with Crippen LogP contribution in [0.2, 0.25) is 0 Å². The Bertz CT molecular complexity index is 513. The second-order valence-corrected chi connectivity index (χ2v) is 6.93. The lowest BCUT2D eigenvalue weighted by atomic mass is 10.3. The average Bonchev–Trinajstić information content (AvgIpc) is 2.71. The van der Waals surface area contributed by atoms with Crippen molar-refractivity contribution in [1.29, 1.82) is 0 Å². The zero-order valence-electron chi connectivity index (χ0n) is 11.7. The van der Waals surface area contributed by atoms with Crippen molar-refractivity contribution in [3.63, 3.8) is 0 Å². The second kappa shape index (κ2) is 6.88. The van der Waals surface area contributed by atoms with Crippen molar-refractivity contribution >= 4 is 26.0 Å². The third-order valence-electron chi connectivity index (χ3n) is 3.04. The molecule has 1 rings (SSSR count). The Morgan fingerprint density at radius 1 is 1.47 bits per heavy atom. The van der Waals surface area contributed by atoms with Gasteiger partial charge in [-0.3, -0.25) is 0 Å². The number of rotatable bonds is 7. The normalized spacial score (nSPS) is 14.0. The standard InChI is InChI=1S/C12H21BrN2O3S/c1-5-9(3)15(6-2)19(16,17)11-7-10(8-14-4)18-12(11)13/h7,9,14H,5-6,8H2,1-4H3. The van der Waals surface area contributed by atoms with Crippen molar-refractivity contribution in [2.75, 3.05) is 13.6 Å². The lowest BCUT2D eigenvalue weighted by Crippen LogP contribution is -2.38. The van der Waals surface area contributed by atoms with Gasteiger partial charge in [-0.1, -0.05) is 13.8 Å². The van der Waals surface area contributed by atoms with Crippen molar-refractivity contribution in [1.82, 2.24) is 9.62 Å². The van der Waals surface area contributed by atoms with Gasteiger partial charge in [-0.15, -0.1) is 0 Å². The molecule has 0 aromatic carbocycles. The molecule has 5 nitrogen and oxygen atoms in total. The second-order valence-electron chi connectivity index (χ2n) is 4.35. The highest BCUT2D eigenvalue weighted by atomic mass is 79.9. The van der Waals surface area contributed by atoms with Crippen LogP contribution in [0.25, 0.3) is 0 Å². The number of sulfonamides is 1. The van der Waals surface area contributed by atoms with E-state index in [9.17, 15) is 8.42 Å². The van der Waals surface area contributed by atoms with E-state index >= 15 is 0 Å². The molecule has 0 bridgehead atoms. The van der Waals surface area contributed by atoms with Crippen molar-refractivity contribution in [2.45, 2.75) is 44.7 Å². The molecule has 19 heavy (non-hydrogen) atoms. The van der Waals surface area contributed by atoms with Gasteiger partial charge in [0.15, 0.2) is 4.67 Å². The summed E-state index contributed by atoms with van der Waals surface area (Å²) >= 11 is 3.19. The summed E-state index contributed by atoms with van der Waals surface area (Å²) in [5.74, 6) is 0.591. The van der Waals surface area contributed by atoms with Crippen LogP contribution in [0.4, 0.5) is 0 Å². The summed E-state index contributed by atoms with van der Waals surface area (Å²) in [6.45, 7) is 6.65. The minimum atomic E-state index is -3.53. The molecule has 1 unspecified atom stereocenters. The molecule has 1 heterocycles. The molecule has 0 fully saturated rings. The number of hydrogen-bond acceptors (Lipinski definition) is 4. The number of halogens is 1. The monoisotopic (exact) mass is 352 g/mol. The quantitative estimate of drug-likeness (QED) is 0.818. The fourth-order valence-corrected chi connectivity index (χ4v) is 4.56. The predicted molar refractivity (Wildman–Crippen MR) is 78.5 cm³/mol. The van der Waals surface area contributed by atoms with E-state index in [1.807, 2.05) is 20.8 Å². The lowest BCUT2D eigenvalue weighted by Gasteiger charge is -2.25. The van der Waals surface area contributed by atoms with Crippen LogP contribution >= 0.6 is 15.9 Å². The predicted octanol–water partition coefficient (Wildman–Crippen LogP) is 2.57. The molecule has 0 amide bonds. The van der Waals surface area contributed by atoms with E-state index in [2.05, 4.69) is 21.2 Å². The third kappa shape index (κ3) is 3.59. The molecule has 110 valence electrons. The molecule has 0 spiro atoms. The maximum absolute atomic E-state index is 12.6. The Labute approximate surface area is 123 Å². The number of hydrogen-bond donors (Lipinski definition) is 1. The molecule has 0 saturated heterocycles. The van der Waals surface area contributed by atoms with E-state index in [0.717, 1.165) is 6.42 Å². The Kier molecular flexibility index (Phi) is 6.04. The van der Waals surface area contributed by atoms with E-state index in [0.29, 0.717) is 18.8 Å². The van der Waals surface area contributed by atoms with E-state index in [-0.39, 0.29) is 15.6 Å². The fraction of sp³-hybridized carbons (Fsp3) is 0.667. The minimum Gasteiger partial charge on any atom is -0.452 e. The molecule has 1 aromatic rings. The summed E-state index contributed by atoms with van der Waals surface area (Å²) in [6, 6.07) is 1.53. The van der Waals surface area contributed by atoms with Gasteiger partial charge in [-0.25, -0.2) is 8.42 Å². The molecule has 0 aliphatic heterocycles. The first-order chi connectivity index (χ1) is 8.88. The van der Waals surface area contributed by atoms with Crippen LogP contribution in [0, 0.1) is 0 Å². The number of nitrogens with zero attached hydrogens (tertiary/aromatic N) is 1. The van der Waals surface area contributed by atoms with Crippen molar-refractivity contribution in [2.24, 2.45) is 0 Å². The molecule has 1 atom stereocenters. The minimum absolute atomic E-state index is 0.0375.